The van der Waals surface area contributed by atoms with Gasteiger partial charge in [-0.1, -0.05) is 24.3 Å². The molecule has 0 radical (unpaired) electrons. The smallest absolute Gasteiger partial charge is 0.300 e. The van der Waals surface area contributed by atoms with Crippen LogP contribution in [0, 0.1) is 0 Å². The number of amides is 1. The van der Waals surface area contributed by atoms with Gasteiger partial charge in [0.25, 0.3) is 11.7 Å². The summed E-state index contributed by atoms with van der Waals surface area (Å²) in [6.45, 7) is 2.33. The van der Waals surface area contributed by atoms with Gasteiger partial charge in [-0.2, -0.15) is 0 Å². The van der Waals surface area contributed by atoms with Crippen molar-refractivity contribution in [3.05, 3.63) is 52.7 Å². The highest BCUT2D eigenvalue weighted by molar-refractivity contribution is 7.13. The van der Waals surface area contributed by atoms with Gasteiger partial charge in [0.2, 0.25) is 0 Å². The van der Waals surface area contributed by atoms with E-state index in [0.29, 0.717) is 11.4 Å². The number of nitrogens with zero attached hydrogens (tertiary/aromatic N) is 1. The highest BCUT2D eigenvalue weighted by Crippen LogP contribution is 2.16. The van der Waals surface area contributed by atoms with Crippen molar-refractivity contribution in [2.45, 2.75) is 6.92 Å². The summed E-state index contributed by atoms with van der Waals surface area (Å²) in [6, 6.07) is 12.7. The van der Waals surface area contributed by atoms with E-state index >= 15 is 0 Å². The summed E-state index contributed by atoms with van der Waals surface area (Å²) < 4.78 is 0. The van der Waals surface area contributed by atoms with Crippen LogP contribution in [0.5, 0.6) is 0 Å². The molecule has 92 valence electrons. The van der Waals surface area contributed by atoms with Crippen molar-refractivity contribution in [2.24, 2.45) is 0 Å². The Morgan fingerprint density at radius 2 is 1.83 bits per heavy atom. The van der Waals surface area contributed by atoms with E-state index < -0.39 is 11.7 Å². The van der Waals surface area contributed by atoms with Crippen molar-refractivity contribution in [3.63, 3.8) is 0 Å². The molecule has 0 bridgehead atoms. The quantitative estimate of drug-likeness (QED) is 0.625. The molecule has 3 nitrogen and oxygen atoms in total. The molecule has 0 fully saturated rings. The summed E-state index contributed by atoms with van der Waals surface area (Å²) in [7, 11) is 0. The largest absolute Gasteiger partial charge is 0.306 e. The molecule has 1 heterocycles. The van der Waals surface area contributed by atoms with Crippen molar-refractivity contribution >= 4 is 28.7 Å². The Bertz CT molecular complexity index is 534. The lowest BCUT2D eigenvalue weighted by molar-refractivity contribution is -0.114. The van der Waals surface area contributed by atoms with Crippen LogP contribution in [0.1, 0.15) is 16.6 Å². The number of hydrogen-bond acceptors (Lipinski definition) is 3. The predicted octanol–water partition coefficient (Wildman–Crippen LogP) is 2.98. The van der Waals surface area contributed by atoms with Gasteiger partial charge in [-0.25, -0.2) is 0 Å². The number of para-hydroxylation sites is 1. The lowest BCUT2D eigenvalue weighted by Gasteiger charge is -2.19. The van der Waals surface area contributed by atoms with Crippen LogP contribution in [-0.2, 0) is 4.79 Å². The van der Waals surface area contributed by atoms with E-state index in [9.17, 15) is 9.59 Å². The number of benzene rings is 1. The fraction of sp³-hybridized carbons (Fsp3) is 0.143. The Labute approximate surface area is 110 Å². The summed E-state index contributed by atoms with van der Waals surface area (Å²) in [5.41, 5.74) is 0.745. The normalized spacial score (nSPS) is 10.1. The molecule has 0 aliphatic rings. The molecule has 1 aromatic carbocycles. The van der Waals surface area contributed by atoms with E-state index in [1.54, 1.807) is 17.5 Å². The van der Waals surface area contributed by atoms with E-state index in [0.717, 1.165) is 5.69 Å². The number of rotatable bonds is 4. The third-order valence-corrected chi connectivity index (χ3v) is 3.44. The van der Waals surface area contributed by atoms with Gasteiger partial charge in [-0.3, -0.25) is 9.59 Å². The molecule has 0 aliphatic carbocycles. The number of Topliss-reactive ketones (excluding diaryl/α,β-unsaturated/α-hetero) is 1. The topological polar surface area (TPSA) is 37.4 Å². The molecule has 0 unspecified atom stereocenters. The Balaban J connectivity index is 2.24. The lowest BCUT2D eigenvalue weighted by Crippen LogP contribution is -2.36. The van der Waals surface area contributed by atoms with E-state index in [4.69, 9.17) is 0 Å². The van der Waals surface area contributed by atoms with Gasteiger partial charge >= 0.3 is 0 Å². The van der Waals surface area contributed by atoms with Gasteiger partial charge in [0.15, 0.2) is 0 Å². The maximum Gasteiger partial charge on any atom is 0.300 e. The van der Waals surface area contributed by atoms with E-state index in [1.165, 1.54) is 16.2 Å². The Hall–Kier alpha value is -1.94. The summed E-state index contributed by atoms with van der Waals surface area (Å²) in [6.07, 6.45) is 0. The molecule has 2 aromatic rings. The Kier molecular flexibility index (Phi) is 3.89. The van der Waals surface area contributed by atoms with Gasteiger partial charge in [-0.15, -0.1) is 11.3 Å². The van der Waals surface area contributed by atoms with E-state index in [-0.39, 0.29) is 0 Å². The number of likely N-dealkylation sites (N-methyl/N-ethyl adjacent to an activating group) is 1. The molecule has 2 rings (SSSR count). The fourth-order valence-electron chi connectivity index (χ4n) is 1.69. The number of anilines is 1. The number of hydrogen-bond donors (Lipinski definition) is 0. The standard InChI is InChI=1S/C14H13NO2S/c1-2-15(11-7-4-3-5-8-11)14(17)13(16)12-9-6-10-18-12/h3-10H,2H2,1H3. The monoisotopic (exact) mass is 259 g/mol. The molecule has 0 N–H and O–H groups in total. The molecule has 4 heteroatoms. The van der Waals surface area contributed by atoms with Crippen LogP contribution in [0.25, 0.3) is 0 Å². The molecule has 0 saturated carbocycles. The minimum absolute atomic E-state index is 0.448. The van der Waals surface area contributed by atoms with Crippen LogP contribution in [0.4, 0.5) is 5.69 Å². The SMILES string of the molecule is CCN(C(=O)C(=O)c1cccs1)c1ccccc1. The molecular weight excluding hydrogens is 246 g/mol. The minimum Gasteiger partial charge on any atom is -0.306 e. The van der Waals surface area contributed by atoms with Crippen molar-refractivity contribution < 1.29 is 9.59 Å². The van der Waals surface area contributed by atoms with Crippen LogP contribution in [0.2, 0.25) is 0 Å². The zero-order chi connectivity index (χ0) is 13.0. The molecule has 0 atom stereocenters. The molecule has 1 aromatic heterocycles. The summed E-state index contributed by atoms with van der Waals surface area (Å²) in [4.78, 5) is 26.1. The number of carbonyl (C=O) groups is 2. The van der Waals surface area contributed by atoms with Gasteiger partial charge in [0, 0.05) is 12.2 Å². The molecule has 0 aliphatic heterocycles. The predicted molar refractivity (Wildman–Crippen MR) is 73.1 cm³/mol. The van der Waals surface area contributed by atoms with Crippen LogP contribution in [0.15, 0.2) is 47.8 Å². The van der Waals surface area contributed by atoms with Crippen molar-refractivity contribution in [1.29, 1.82) is 0 Å². The number of ketones is 1. The maximum atomic E-state index is 12.2. The van der Waals surface area contributed by atoms with Gasteiger partial charge in [0.1, 0.15) is 0 Å². The molecule has 18 heavy (non-hydrogen) atoms. The minimum atomic E-state index is -0.480. The van der Waals surface area contributed by atoms with Gasteiger partial charge < -0.3 is 4.90 Å². The van der Waals surface area contributed by atoms with Crippen LogP contribution >= 0.6 is 11.3 Å². The highest BCUT2D eigenvalue weighted by atomic mass is 32.1. The van der Waals surface area contributed by atoms with Crippen LogP contribution < -0.4 is 4.90 Å². The summed E-state index contributed by atoms with van der Waals surface area (Å²) in [5.74, 6) is -0.929. The molecule has 0 spiro atoms. The zero-order valence-corrected chi connectivity index (χ0v) is 10.8. The third-order valence-electron chi connectivity index (χ3n) is 2.57. The van der Waals surface area contributed by atoms with Crippen molar-refractivity contribution in [1.82, 2.24) is 0 Å². The first kappa shape index (κ1) is 12.5. The van der Waals surface area contributed by atoms with Crippen LogP contribution in [0.3, 0.4) is 0 Å². The first-order valence-corrected chi connectivity index (χ1v) is 6.56. The van der Waals surface area contributed by atoms with Crippen molar-refractivity contribution in [3.8, 4) is 0 Å². The van der Waals surface area contributed by atoms with Crippen LogP contribution in [-0.4, -0.2) is 18.2 Å². The van der Waals surface area contributed by atoms with E-state index in [2.05, 4.69) is 0 Å². The fourth-order valence-corrected chi connectivity index (χ4v) is 2.34. The second kappa shape index (κ2) is 5.60. The first-order chi connectivity index (χ1) is 8.74. The highest BCUT2D eigenvalue weighted by Gasteiger charge is 2.23. The van der Waals surface area contributed by atoms with Gasteiger partial charge in [-0.05, 0) is 30.5 Å². The Morgan fingerprint density at radius 1 is 1.11 bits per heavy atom. The molecular formula is C14H13NO2S. The first-order valence-electron chi connectivity index (χ1n) is 5.68. The number of carbonyl (C=O) groups excluding carboxylic acids is 2. The average Bonchev–Trinajstić information content (AvgIpc) is 2.94. The second-order valence-corrected chi connectivity index (χ2v) is 4.64. The molecule has 0 saturated heterocycles. The second-order valence-electron chi connectivity index (χ2n) is 3.69. The average molecular weight is 259 g/mol. The lowest BCUT2D eigenvalue weighted by atomic mass is 10.2. The maximum absolute atomic E-state index is 12.2. The number of thiophene rings is 1. The molecule has 1 amide bonds. The summed E-state index contributed by atoms with van der Waals surface area (Å²) >= 11 is 1.29. The van der Waals surface area contributed by atoms with Gasteiger partial charge in [0.05, 0.1) is 4.88 Å². The van der Waals surface area contributed by atoms with Crippen molar-refractivity contribution in [2.75, 3.05) is 11.4 Å². The summed E-state index contributed by atoms with van der Waals surface area (Å²) in [5, 5.41) is 1.79. The van der Waals surface area contributed by atoms with E-state index in [1.807, 2.05) is 37.3 Å². The Morgan fingerprint density at radius 3 is 2.39 bits per heavy atom. The zero-order valence-electron chi connectivity index (χ0n) is 10.00. The third kappa shape index (κ3) is 2.49.